The lowest BCUT2D eigenvalue weighted by Crippen LogP contribution is -2.41. The maximum absolute atomic E-state index is 15.2. The van der Waals surface area contributed by atoms with Crippen LogP contribution in [0.25, 0.3) is 5.57 Å². The van der Waals surface area contributed by atoms with Gasteiger partial charge in [-0.2, -0.15) is 0 Å². The fourth-order valence-corrected chi connectivity index (χ4v) is 12.4. The molecular formula is C52H51O12P. The SMILES string of the molecule is CC(C)OC(=O)/C=C(/C(=O)OC(C)C)c1ccc2c(c1O)C(=O)c1ccc(C(C(=O)OC(C)C)C(C(=O)OC(C)C)=P(c3ccccc3)(c3ccccc3)c3ccccc3)c(O)c1C2=O. The average molecular weight is 899 g/mol. The average Bonchev–Trinajstić information content (AvgIpc) is 3.25. The number of ether oxygens (including phenoxy) is 4. The molecule has 0 bridgehead atoms. The Kier molecular flexibility index (Phi) is 14.4. The normalized spacial score (nSPS) is 13.0. The van der Waals surface area contributed by atoms with Crippen molar-refractivity contribution in [3.05, 3.63) is 155 Å². The molecule has 1 aliphatic carbocycles. The van der Waals surface area contributed by atoms with Gasteiger partial charge in [0.25, 0.3) is 0 Å². The molecule has 12 nitrogen and oxygen atoms in total. The van der Waals surface area contributed by atoms with Crippen LogP contribution in [-0.2, 0) is 38.1 Å². The van der Waals surface area contributed by atoms with Crippen LogP contribution in [0.15, 0.2) is 121 Å². The number of carbonyl (C=O) groups is 6. The monoisotopic (exact) mass is 898 g/mol. The van der Waals surface area contributed by atoms with Crippen molar-refractivity contribution in [3.63, 3.8) is 0 Å². The quantitative estimate of drug-likeness (QED) is 0.0483. The van der Waals surface area contributed by atoms with Crippen molar-refractivity contribution in [2.24, 2.45) is 0 Å². The number of phenolic OH excluding ortho intramolecular Hbond substituents is 2. The zero-order chi connectivity index (χ0) is 47.3. The Balaban J connectivity index is 1.69. The van der Waals surface area contributed by atoms with Crippen LogP contribution in [0.4, 0.5) is 0 Å². The largest absolute Gasteiger partial charge is 0.507 e. The van der Waals surface area contributed by atoms with Gasteiger partial charge in [0, 0.05) is 28.3 Å². The number of rotatable bonds is 14. The van der Waals surface area contributed by atoms with Crippen molar-refractivity contribution in [3.8, 4) is 11.5 Å². The van der Waals surface area contributed by atoms with Crippen LogP contribution in [0.5, 0.6) is 11.5 Å². The van der Waals surface area contributed by atoms with Crippen LogP contribution < -0.4 is 15.9 Å². The lowest BCUT2D eigenvalue weighted by Gasteiger charge is -2.35. The minimum atomic E-state index is -3.51. The van der Waals surface area contributed by atoms with Gasteiger partial charge in [-0.25, -0.2) is 14.4 Å². The van der Waals surface area contributed by atoms with E-state index in [0.717, 1.165) is 6.08 Å². The number of ketones is 2. The first kappa shape index (κ1) is 47.4. The van der Waals surface area contributed by atoms with Crippen molar-refractivity contribution < 1.29 is 57.9 Å². The van der Waals surface area contributed by atoms with E-state index in [1.165, 1.54) is 24.3 Å². The van der Waals surface area contributed by atoms with Crippen molar-refractivity contribution in [1.29, 1.82) is 0 Å². The molecule has 0 aromatic heterocycles. The summed E-state index contributed by atoms with van der Waals surface area (Å²) in [7, 11) is 0. The third-order valence-electron chi connectivity index (χ3n) is 10.3. The minimum absolute atomic E-state index is 0.0587. The molecule has 6 rings (SSSR count). The maximum Gasteiger partial charge on any atom is 0.339 e. The highest BCUT2D eigenvalue weighted by molar-refractivity contribution is 7.96. The molecule has 5 aromatic carbocycles. The fourth-order valence-electron chi connectivity index (χ4n) is 7.89. The number of hydrogen-bond donors (Lipinski definition) is 2. The Labute approximate surface area is 377 Å². The predicted octanol–water partition coefficient (Wildman–Crippen LogP) is 7.31. The Morgan fingerprint density at radius 3 is 1.37 bits per heavy atom. The van der Waals surface area contributed by atoms with E-state index in [0.29, 0.717) is 15.9 Å². The van der Waals surface area contributed by atoms with Gasteiger partial charge in [0.1, 0.15) is 17.4 Å². The summed E-state index contributed by atoms with van der Waals surface area (Å²) in [5.74, 6) is -8.84. The highest BCUT2D eigenvalue weighted by atomic mass is 31.2. The third-order valence-corrected chi connectivity index (χ3v) is 14.7. The van der Waals surface area contributed by atoms with E-state index < -0.39 is 101 Å². The molecule has 0 heterocycles. The van der Waals surface area contributed by atoms with Crippen LogP contribution in [0.2, 0.25) is 0 Å². The molecule has 65 heavy (non-hydrogen) atoms. The van der Waals surface area contributed by atoms with Crippen molar-refractivity contribution in [2.45, 2.75) is 85.7 Å². The molecule has 0 amide bonds. The minimum Gasteiger partial charge on any atom is -0.507 e. The van der Waals surface area contributed by atoms with Gasteiger partial charge in [0.05, 0.1) is 46.4 Å². The molecule has 5 aromatic rings. The molecule has 2 N–H and O–H groups in total. The molecule has 1 unspecified atom stereocenters. The summed E-state index contributed by atoms with van der Waals surface area (Å²) in [6.07, 6.45) is -1.73. The molecule has 0 aliphatic heterocycles. The lowest BCUT2D eigenvalue weighted by atomic mass is 9.79. The molecule has 13 heteroatoms. The first-order valence-electron chi connectivity index (χ1n) is 21.2. The Morgan fingerprint density at radius 1 is 0.508 bits per heavy atom. The van der Waals surface area contributed by atoms with Crippen LogP contribution >= 0.6 is 6.89 Å². The highest BCUT2D eigenvalue weighted by Gasteiger charge is 2.46. The third kappa shape index (κ3) is 9.45. The topological polar surface area (TPSA) is 180 Å². The number of fused-ring (bicyclic) bond motifs is 2. The molecule has 336 valence electrons. The highest BCUT2D eigenvalue weighted by Crippen LogP contribution is 2.52. The van der Waals surface area contributed by atoms with E-state index in [1.54, 1.807) is 55.4 Å². The number of aromatic hydroxyl groups is 2. The van der Waals surface area contributed by atoms with Gasteiger partial charge in [-0.1, -0.05) is 97.1 Å². The van der Waals surface area contributed by atoms with E-state index in [-0.39, 0.29) is 27.5 Å². The second-order valence-electron chi connectivity index (χ2n) is 16.4. The van der Waals surface area contributed by atoms with Gasteiger partial charge in [-0.15, -0.1) is 0 Å². The molecular weight excluding hydrogens is 848 g/mol. The summed E-state index contributed by atoms with van der Waals surface area (Å²) in [6, 6.07) is 32.5. The zero-order valence-corrected chi connectivity index (χ0v) is 38.3. The van der Waals surface area contributed by atoms with Gasteiger partial charge in [0.2, 0.25) is 0 Å². The summed E-state index contributed by atoms with van der Waals surface area (Å²) in [5.41, 5.74) is -2.62. The predicted molar refractivity (Wildman–Crippen MR) is 249 cm³/mol. The smallest absolute Gasteiger partial charge is 0.339 e. The van der Waals surface area contributed by atoms with E-state index in [4.69, 9.17) is 18.9 Å². The summed E-state index contributed by atoms with van der Waals surface area (Å²) < 4.78 is 22.5. The van der Waals surface area contributed by atoms with Gasteiger partial charge in [-0.05, 0) is 96.4 Å². The van der Waals surface area contributed by atoms with Crippen molar-refractivity contribution in [2.75, 3.05) is 0 Å². The van der Waals surface area contributed by atoms with Gasteiger partial charge in [0.15, 0.2) is 11.6 Å². The molecule has 0 fully saturated rings. The summed E-state index contributed by atoms with van der Waals surface area (Å²) >= 11 is 0. The zero-order valence-electron chi connectivity index (χ0n) is 37.4. The summed E-state index contributed by atoms with van der Waals surface area (Å²) in [4.78, 5) is 85.6. The summed E-state index contributed by atoms with van der Waals surface area (Å²) in [5, 5.41) is 26.2. The number of carbonyl (C=O) groups excluding carboxylic acids is 6. The van der Waals surface area contributed by atoms with Crippen LogP contribution in [-0.4, -0.2) is 75.4 Å². The second-order valence-corrected chi connectivity index (χ2v) is 19.8. The van der Waals surface area contributed by atoms with Crippen molar-refractivity contribution in [1.82, 2.24) is 0 Å². The van der Waals surface area contributed by atoms with E-state index >= 15 is 4.79 Å². The van der Waals surface area contributed by atoms with Gasteiger partial charge in [-0.3, -0.25) is 14.4 Å². The Hall–Kier alpha value is -7.04. The standard InChI is InChI=1S/C52H51O12P/c1-29(2)61-41(53)28-40(50(58)62-30(3)4)36-24-25-37-42(45(36)54)46(55)38-26-27-39(48(57)43(38)47(37)56)44(51(59)63-31(5)6)49(52(60)64-32(7)8)65(33-18-12-9-13-19-33,34-20-14-10-15-21-34)35-22-16-11-17-23-35/h9-32,44,54,57H,1-8H3/b40-28+. The number of benzene rings is 5. The molecule has 0 saturated carbocycles. The first-order valence-corrected chi connectivity index (χ1v) is 23.0. The lowest BCUT2D eigenvalue weighted by molar-refractivity contribution is -0.149. The van der Waals surface area contributed by atoms with Crippen LogP contribution in [0, 0.1) is 0 Å². The van der Waals surface area contributed by atoms with E-state index in [9.17, 15) is 34.2 Å². The summed E-state index contributed by atoms with van der Waals surface area (Å²) in [6.45, 7) is 9.50. The number of esters is 4. The number of hydrogen-bond acceptors (Lipinski definition) is 12. The molecule has 1 atom stereocenters. The van der Waals surface area contributed by atoms with Crippen LogP contribution in [0.1, 0.15) is 104 Å². The number of phenols is 2. The Morgan fingerprint density at radius 2 is 0.923 bits per heavy atom. The van der Waals surface area contributed by atoms with Crippen molar-refractivity contribution >= 4 is 69.1 Å². The molecule has 0 saturated heterocycles. The Bertz CT molecular complexity index is 2650. The molecule has 0 spiro atoms. The van der Waals surface area contributed by atoms with Gasteiger partial charge < -0.3 is 29.2 Å². The first-order chi connectivity index (χ1) is 30.9. The van der Waals surface area contributed by atoms with E-state index in [1.807, 2.05) is 91.0 Å². The van der Waals surface area contributed by atoms with Crippen LogP contribution in [0.3, 0.4) is 0 Å². The molecule has 0 radical (unpaired) electrons. The van der Waals surface area contributed by atoms with Gasteiger partial charge >= 0.3 is 23.9 Å². The molecule has 1 aliphatic rings. The second kappa shape index (κ2) is 19.8. The fraction of sp³-hybridized carbons (Fsp3) is 0.250. The van der Waals surface area contributed by atoms with E-state index in [2.05, 4.69) is 0 Å². The maximum atomic E-state index is 15.2.